The van der Waals surface area contributed by atoms with Gasteiger partial charge in [-0.25, -0.2) is 0 Å². The average molecular weight is 413 g/mol. The maximum absolute atomic E-state index is 6.72. The lowest BCUT2D eigenvalue weighted by Gasteiger charge is -2.12. The Hall–Kier alpha value is -3.97. The molecule has 1 heteroatoms. The Morgan fingerprint density at radius 3 is 1.52 bits per heavy atom. The third-order valence-electron chi connectivity index (χ3n) is 5.21. The van der Waals surface area contributed by atoms with Gasteiger partial charge >= 0.3 is 0 Å². The van der Waals surface area contributed by atoms with Crippen LogP contribution in [0, 0.1) is 23.7 Å². The normalized spacial score (nSPS) is 10.2. The van der Waals surface area contributed by atoms with Gasteiger partial charge in [0.2, 0.25) is 0 Å². The highest BCUT2D eigenvalue weighted by molar-refractivity contribution is 6.37. The lowest BCUT2D eigenvalue weighted by molar-refractivity contribution is 1.64. The molecule has 0 fully saturated rings. The quantitative estimate of drug-likeness (QED) is 0.183. The van der Waals surface area contributed by atoms with E-state index in [4.69, 9.17) is 11.6 Å². The fraction of sp³-hybridized carbons (Fsp3) is 0. The van der Waals surface area contributed by atoms with Gasteiger partial charge in [0.15, 0.2) is 0 Å². The van der Waals surface area contributed by atoms with Crippen LogP contribution in [-0.4, -0.2) is 0 Å². The summed E-state index contributed by atoms with van der Waals surface area (Å²) in [5.74, 6) is 13.4. The van der Waals surface area contributed by atoms with Crippen LogP contribution in [0.5, 0.6) is 0 Å². The van der Waals surface area contributed by atoms with Crippen LogP contribution >= 0.6 is 11.6 Å². The second-order valence-electron chi connectivity index (χ2n) is 7.19. The van der Waals surface area contributed by atoms with Gasteiger partial charge in [-0.05, 0) is 41.1 Å². The summed E-state index contributed by atoms with van der Waals surface area (Å²) in [7, 11) is 0. The third kappa shape index (κ3) is 3.78. The van der Waals surface area contributed by atoms with Gasteiger partial charge in [0.1, 0.15) is 0 Å². The van der Waals surface area contributed by atoms with Crippen molar-refractivity contribution in [2.75, 3.05) is 0 Å². The molecule has 5 aromatic rings. The van der Waals surface area contributed by atoms with Crippen LogP contribution in [0.3, 0.4) is 0 Å². The first-order valence-electron chi connectivity index (χ1n) is 10.1. The van der Waals surface area contributed by atoms with Gasteiger partial charge in [-0.1, -0.05) is 108 Å². The molecule has 0 amide bonds. The summed E-state index contributed by atoms with van der Waals surface area (Å²) < 4.78 is 0. The van der Waals surface area contributed by atoms with Crippen LogP contribution < -0.4 is 0 Å². The molecular formula is C30H17Cl. The van der Waals surface area contributed by atoms with Gasteiger partial charge in [0.05, 0.1) is 0 Å². The Labute approximate surface area is 187 Å². The van der Waals surface area contributed by atoms with Crippen molar-refractivity contribution in [3.05, 3.63) is 130 Å². The highest BCUT2D eigenvalue weighted by atomic mass is 35.5. The van der Waals surface area contributed by atoms with Crippen molar-refractivity contribution in [1.82, 2.24) is 0 Å². The number of hydrogen-bond acceptors (Lipinski definition) is 0. The maximum Gasteiger partial charge on any atom is 0.0497 e. The predicted octanol–water partition coefficient (Wildman–Crippen LogP) is 7.45. The van der Waals surface area contributed by atoms with Crippen molar-refractivity contribution in [3.8, 4) is 23.7 Å². The van der Waals surface area contributed by atoms with E-state index in [0.717, 1.165) is 43.8 Å². The average Bonchev–Trinajstić information content (AvgIpc) is 2.83. The molecule has 5 rings (SSSR count). The molecule has 0 saturated heterocycles. The monoisotopic (exact) mass is 412 g/mol. The molecule has 0 radical (unpaired) electrons. The van der Waals surface area contributed by atoms with Crippen molar-refractivity contribution in [2.45, 2.75) is 0 Å². The minimum atomic E-state index is 0.684. The molecule has 0 heterocycles. The van der Waals surface area contributed by atoms with Gasteiger partial charge in [0.25, 0.3) is 0 Å². The summed E-state index contributed by atoms with van der Waals surface area (Å²) >= 11 is 6.72. The molecule has 0 spiro atoms. The van der Waals surface area contributed by atoms with Crippen molar-refractivity contribution in [2.24, 2.45) is 0 Å². The molecule has 31 heavy (non-hydrogen) atoms. The molecule has 0 atom stereocenters. The molecule has 144 valence electrons. The second-order valence-corrected chi connectivity index (χ2v) is 7.60. The molecule has 0 unspecified atom stereocenters. The molecule has 0 aliphatic carbocycles. The second kappa shape index (κ2) is 8.41. The van der Waals surface area contributed by atoms with Gasteiger partial charge in [-0.2, -0.15) is 0 Å². The maximum atomic E-state index is 6.72. The molecule has 0 nitrogen and oxygen atoms in total. The van der Waals surface area contributed by atoms with Gasteiger partial charge in [0, 0.05) is 38.0 Å². The largest absolute Gasteiger partial charge is 0.0836 e. The molecular weight excluding hydrogens is 396 g/mol. The predicted molar refractivity (Wildman–Crippen MR) is 131 cm³/mol. The highest BCUT2D eigenvalue weighted by Gasteiger charge is 2.14. The summed E-state index contributed by atoms with van der Waals surface area (Å²) in [4.78, 5) is 0. The smallest absolute Gasteiger partial charge is 0.0497 e. The van der Waals surface area contributed by atoms with E-state index in [1.165, 1.54) is 0 Å². The molecule has 5 aromatic carbocycles. The molecule has 0 aromatic heterocycles. The first kappa shape index (κ1) is 19.0. The lowest BCUT2D eigenvalue weighted by atomic mass is 9.91. The van der Waals surface area contributed by atoms with E-state index in [9.17, 15) is 0 Å². The van der Waals surface area contributed by atoms with Gasteiger partial charge < -0.3 is 0 Å². The molecule has 0 saturated carbocycles. The first-order chi connectivity index (χ1) is 15.3. The van der Waals surface area contributed by atoms with E-state index in [1.54, 1.807) is 0 Å². The van der Waals surface area contributed by atoms with E-state index < -0.39 is 0 Å². The number of fused-ring (bicyclic) bond motifs is 2. The van der Waals surface area contributed by atoms with Crippen molar-refractivity contribution >= 4 is 33.1 Å². The van der Waals surface area contributed by atoms with E-state index in [0.29, 0.717) is 5.02 Å². The minimum Gasteiger partial charge on any atom is -0.0836 e. The Kier molecular flexibility index (Phi) is 5.16. The summed E-state index contributed by atoms with van der Waals surface area (Å²) in [6, 6.07) is 34.3. The van der Waals surface area contributed by atoms with E-state index in [-0.39, 0.29) is 0 Å². The van der Waals surface area contributed by atoms with Gasteiger partial charge in [-0.3, -0.25) is 0 Å². The Bertz CT molecular complexity index is 1520. The fourth-order valence-electron chi connectivity index (χ4n) is 3.76. The SMILES string of the molecule is Clc1cccc2c(C#Cc3ccccc3)c3ccccc3c(C#Cc3ccccc3)c12. The highest BCUT2D eigenvalue weighted by Crippen LogP contribution is 2.36. The zero-order chi connectivity index (χ0) is 21.0. The number of hydrogen-bond donors (Lipinski definition) is 0. The van der Waals surface area contributed by atoms with Crippen molar-refractivity contribution in [3.63, 3.8) is 0 Å². The van der Waals surface area contributed by atoms with E-state index >= 15 is 0 Å². The van der Waals surface area contributed by atoms with Crippen LogP contribution in [0.4, 0.5) is 0 Å². The zero-order valence-corrected chi connectivity index (χ0v) is 17.4. The van der Waals surface area contributed by atoms with E-state index in [2.05, 4.69) is 41.9 Å². The van der Waals surface area contributed by atoms with Crippen LogP contribution in [0.25, 0.3) is 21.5 Å². The number of halogens is 1. The Morgan fingerprint density at radius 2 is 0.903 bits per heavy atom. The van der Waals surface area contributed by atoms with Crippen LogP contribution in [0.2, 0.25) is 5.02 Å². The van der Waals surface area contributed by atoms with Crippen molar-refractivity contribution < 1.29 is 0 Å². The standard InChI is InChI=1S/C30H17Cl/c31-29-17-9-16-27-26(20-18-22-10-3-1-4-11-22)24-14-7-8-15-25(24)28(30(27)29)21-19-23-12-5-2-6-13-23/h1-17H. The Balaban J connectivity index is 1.84. The molecule has 0 aliphatic heterocycles. The van der Waals surface area contributed by atoms with Crippen LogP contribution in [0.1, 0.15) is 22.3 Å². The van der Waals surface area contributed by atoms with Crippen molar-refractivity contribution in [1.29, 1.82) is 0 Å². The fourth-order valence-corrected chi connectivity index (χ4v) is 4.03. The molecule has 0 aliphatic rings. The molecule has 0 bridgehead atoms. The topological polar surface area (TPSA) is 0 Å². The first-order valence-corrected chi connectivity index (χ1v) is 10.5. The number of benzene rings is 5. The molecule has 0 N–H and O–H groups in total. The minimum absolute atomic E-state index is 0.684. The third-order valence-corrected chi connectivity index (χ3v) is 5.52. The van der Waals surface area contributed by atoms with Crippen LogP contribution in [-0.2, 0) is 0 Å². The van der Waals surface area contributed by atoms with Crippen LogP contribution in [0.15, 0.2) is 103 Å². The zero-order valence-electron chi connectivity index (χ0n) is 16.7. The van der Waals surface area contributed by atoms with Gasteiger partial charge in [-0.15, -0.1) is 0 Å². The summed E-state index contributed by atoms with van der Waals surface area (Å²) in [6.07, 6.45) is 0. The Morgan fingerprint density at radius 1 is 0.419 bits per heavy atom. The van der Waals surface area contributed by atoms with E-state index in [1.807, 2.05) is 84.9 Å². The summed E-state index contributed by atoms with van der Waals surface area (Å²) in [5, 5.41) is 4.79. The summed E-state index contributed by atoms with van der Waals surface area (Å²) in [5.41, 5.74) is 3.86. The lowest BCUT2D eigenvalue weighted by Crippen LogP contribution is -1.91. The number of rotatable bonds is 0. The summed E-state index contributed by atoms with van der Waals surface area (Å²) in [6.45, 7) is 0.